The van der Waals surface area contributed by atoms with Gasteiger partial charge in [0.15, 0.2) is 0 Å². The number of nitrogens with one attached hydrogen (secondary N) is 7. The van der Waals surface area contributed by atoms with Gasteiger partial charge in [0.25, 0.3) is 0 Å². The van der Waals surface area contributed by atoms with Crippen LogP contribution in [0.25, 0.3) is 0 Å². The third-order valence-corrected chi connectivity index (χ3v) is 8.88. The number of unbranched alkanes of at least 4 members (excludes halogenated alkanes) is 12. The van der Waals surface area contributed by atoms with Gasteiger partial charge in [-0.3, -0.25) is 28.8 Å². The lowest BCUT2D eigenvalue weighted by Crippen LogP contribution is -2.59. The molecule has 0 aliphatic heterocycles. The monoisotopic (exact) mass is 719 g/mol. The zero-order chi connectivity index (χ0) is 38.2. The Morgan fingerprint density at radius 3 is 1.61 bits per heavy atom. The van der Waals surface area contributed by atoms with E-state index in [1.807, 2.05) is 0 Å². The molecule has 0 fully saturated rings. The Kier molecular flexibility index (Phi) is 22.9. The maximum absolute atomic E-state index is 13.4. The Labute approximate surface area is 305 Å². The number of likely N-dealkylation sites (N-methyl/N-ethyl adjacent to an activating group) is 1. The third kappa shape index (κ3) is 19.3. The highest BCUT2D eigenvalue weighted by atomic mass is 16.2. The number of hydrogen-bond donors (Lipinski definition) is 7. The van der Waals surface area contributed by atoms with Gasteiger partial charge in [-0.05, 0) is 33.1 Å². The molecule has 0 unspecified atom stereocenters. The summed E-state index contributed by atoms with van der Waals surface area (Å²) in [7, 11) is 1.45. The fourth-order valence-corrected chi connectivity index (χ4v) is 5.58. The average molecular weight is 719 g/mol. The number of amides is 6. The number of H-pyrrole nitrogens is 1. The van der Waals surface area contributed by atoms with Crippen molar-refractivity contribution in [2.45, 2.75) is 168 Å². The van der Waals surface area contributed by atoms with E-state index < -0.39 is 59.7 Å². The van der Waals surface area contributed by atoms with E-state index >= 15 is 0 Å². The predicted molar refractivity (Wildman–Crippen MR) is 198 cm³/mol. The Morgan fingerprint density at radius 2 is 1.10 bits per heavy atom. The molecule has 1 aromatic rings. The van der Waals surface area contributed by atoms with Crippen molar-refractivity contribution in [3.05, 3.63) is 18.2 Å². The highest BCUT2D eigenvalue weighted by Gasteiger charge is 2.32. The second-order valence-corrected chi connectivity index (χ2v) is 13.9. The molecule has 0 spiro atoms. The SMILES string of the molecule is CCCCCCCCCCCCCCCC(=O)N[C@@H](C)C(=O)N[C@@H](C)C(=O)N[C@H](C(=O)N[C@@H](Cc1c[nH]cn1)C(=O)N[C@@H](C)C(=O)NC)C(C)C. The number of aromatic nitrogens is 2. The lowest BCUT2D eigenvalue weighted by atomic mass is 10.0. The summed E-state index contributed by atoms with van der Waals surface area (Å²) in [5.41, 5.74) is 0.509. The molecule has 5 atom stereocenters. The summed E-state index contributed by atoms with van der Waals surface area (Å²) < 4.78 is 0. The Balaban J connectivity index is 2.52. The maximum atomic E-state index is 13.4. The van der Waals surface area contributed by atoms with E-state index in [2.05, 4.69) is 48.8 Å². The van der Waals surface area contributed by atoms with Gasteiger partial charge >= 0.3 is 0 Å². The van der Waals surface area contributed by atoms with Gasteiger partial charge in [-0.25, -0.2) is 4.98 Å². The Hall–Kier alpha value is -3.97. The molecule has 290 valence electrons. The summed E-state index contributed by atoms with van der Waals surface area (Å²) in [6.45, 7) is 10.3. The van der Waals surface area contributed by atoms with Crippen LogP contribution in [0.1, 0.15) is 137 Å². The lowest BCUT2D eigenvalue weighted by molar-refractivity contribution is -0.135. The van der Waals surface area contributed by atoms with E-state index in [-0.39, 0.29) is 18.2 Å². The van der Waals surface area contributed by atoms with Crippen LogP contribution in [0.4, 0.5) is 0 Å². The fraction of sp³-hybridized carbons (Fsp3) is 0.757. The summed E-state index contributed by atoms with van der Waals surface area (Å²) >= 11 is 0. The molecule has 0 saturated heterocycles. The largest absolute Gasteiger partial charge is 0.357 e. The van der Waals surface area contributed by atoms with Crippen LogP contribution < -0.4 is 31.9 Å². The van der Waals surface area contributed by atoms with Gasteiger partial charge in [0.05, 0.1) is 12.0 Å². The van der Waals surface area contributed by atoms with E-state index in [0.717, 1.165) is 19.3 Å². The minimum Gasteiger partial charge on any atom is -0.357 e. The van der Waals surface area contributed by atoms with E-state index in [1.165, 1.54) is 91.4 Å². The average Bonchev–Trinajstić information content (AvgIpc) is 3.61. The molecule has 1 heterocycles. The lowest BCUT2D eigenvalue weighted by Gasteiger charge is -2.27. The minimum atomic E-state index is -1.09. The van der Waals surface area contributed by atoms with Crippen molar-refractivity contribution in [3.63, 3.8) is 0 Å². The van der Waals surface area contributed by atoms with Gasteiger partial charge in [-0.1, -0.05) is 97.8 Å². The molecule has 7 N–H and O–H groups in total. The van der Waals surface area contributed by atoms with Gasteiger partial charge in [0, 0.05) is 26.1 Å². The number of carbonyl (C=O) groups is 6. The first-order chi connectivity index (χ1) is 24.3. The fourth-order valence-electron chi connectivity index (χ4n) is 5.58. The van der Waals surface area contributed by atoms with Crippen LogP contribution in [0, 0.1) is 5.92 Å². The molecular formula is C37H66N8O6. The molecule has 14 nitrogen and oxygen atoms in total. The molecule has 14 heteroatoms. The highest BCUT2D eigenvalue weighted by molar-refractivity contribution is 5.96. The van der Waals surface area contributed by atoms with E-state index in [1.54, 1.807) is 27.0 Å². The van der Waals surface area contributed by atoms with Gasteiger partial charge in [0.1, 0.15) is 30.2 Å². The van der Waals surface area contributed by atoms with E-state index in [4.69, 9.17) is 0 Å². The van der Waals surface area contributed by atoms with Gasteiger partial charge in [-0.2, -0.15) is 0 Å². The summed E-state index contributed by atoms with van der Waals surface area (Å²) in [6, 6.07) is -4.84. The van der Waals surface area contributed by atoms with Crippen LogP contribution >= 0.6 is 0 Å². The topological polar surface area (TPSA) is 203 Å². The minimum absolute atomic E-state index is 0.0374. The number of rotatable bonds is 27. The molecular weight excluding hydrogens is 652 g/mol. The molecule has 51 heavy (non-hydrogen) atoms. The summed E-state index contributed by atoms with van der Waals surface area (Å²) in [4.78, 5) is 83.7. The van der Waals surface area contributed by atoms with Crippen LogP contribution in [-0.2, 0) is 35.2 Å². The molecule has 0 bridgehead atoms. The number of carbonyl (C=O) groups excluding carboxylic acids is 6. The van der Waals surface area contributed by atoms with Crippen molar-refractivity contribution in [3.8, 4) is 0 Å². The standard InChI is InChI=1S/C37H66N8O6/c1-8-9-10-11-12-13-14-15-16-17-18-19-20-21-31(46)41-27(5)34(48)42-28(6)35(49)45-32(25(2)3)37(51)44-30(22-29-23-39-24-40-29)36(50)43-26(4)33(47)38-7/h23-28,30,32H,8-22H2,1-7H3,(H,38,47)(H,39,40)(H,41,46)(H,42,48)(H,43,50)(H,44,51)(H,45,49)/t26-,27-,28-,30-,32-/m0/s1. The number of nitrogens with zero attached hydrogens (tertiary/aromatic N) is 1. The number of aromatic amines is 1. The van der Waals surface area contributed by atoms with Crippen LogP contribution in [0.2, 0.25) is 0 Å². The molecule has 1 rings (SSSR count). The Morgan fingerprint density at radius 1 is 0.608 bits per heavy atom. The van der Waals surface area contributed by atoms with Crippen LogP contribution in [0.5, 0.6) is 0 Å². The van der Waals surface area contributed by atoms with Crippen molar-refractivity contribution < 1.29 is 28.8 Å². The van der Waals surface area contributed by atoms with Crippen LogP contribution in [0.3, 0.4) is 0 Å². The van der Waals surface area contributed by atoms with Crippen LogP contribution in [-0.4, -0.2) is 82.7 Å². The zero-order valence-electron chi connectivity index (χ0n) is 32.1. The van der Waals surface area contributed by atoms with Gasteiger partial charge in [-0.15, -0.1) is 0 Å². The first-order valence-electron chi connectivity index (χ1n) is 19.0. The highest BCUT2D eigenvalue weighted by Crippen LogP contribution is 2.13. The molecule has 0 aliphatic rings. The van der Waals surface area contributed by atoms with Crippen molar-refractivity contribution in [2.24, 2.45) is 5.92 Å². The first kappa shape index (κ1) is 45.1. The third-order valence-electron chi connectivity index (χ3n) is 8.88. The Bertz CT molecular complexity index is 1190. The van der Waals surface area contributed by atoms with Gasteiger partial charge in [0.2, 0.25) is 35.4 Å². The van der Waals surface area contributed by atoms with E-state index in [9.17, 15) is 28.8 Å². The van der Waals surface area contributed by atoms with Crippen molar-refractivity contribution in [2.75, 3.05) is 7.05 Å². The van der Waals surface area contributed by atoms with Gasteiger partial charge < -0.3 is 36.9 Å². The van der Waals surface area contributed by atoms with Crippen molar-refractivity contribution in [1.29, 1.82) is 0 Å². The predicted octanol–water partition coefficient (Wildman–Crippen LogP) is 3.32. The van der Waals surface area contributed by atoms with Crippen molar-refractivity contribution in [1.82, 2.24) is 41.9 Å². The second-order valence-electron chi connectivity index (χ2n) is 13.9. The molecule has 0 saturated carbocycles. The molecule has 0 aliphatic carbocycles. The quantitative estimate of drug-likeness (QED) is 0.0676. The molecule has 0 aromatic carbocycles. The van der Waals surface area contributed by atoms with Crippen molar-refractivity contribution >= 4 is 35.4 Å². The molecule has 0 radical (unpaired) electrons. The molecule has 6 amide bonds. The normalized spacial score (nSPS) is 14.0. The van der Waals surface area contributed by atoms with Crippen LogP contribution in [0.15, 0.2) is 12.5 Å². The van der Waals surface area contributed by atoms with E-state index in [0.29, 0.717) is 12.1 Å². The molecule has 1 aromatic heterocycles. The smallest absolute Gasteiger partial charge is 0.243 e. The summed E-state index contributed by atoms with van der Waals surface area (Å²) in [5, 5.41) is 15.7. The summed E-state index contributed by atoms with van der Waals surface area (Å²) in [6.07, 6.45) is 19.2. The maximum Gasteiger partial charge on any atom is 0.243 e. The zero-order valence-corrected chi connectivity index (χ0v) is 32.1. The summed E-state index contributed by atoms with van der Waals surface area (Å²) in [5.74, 6) is -3.34. The number of hydrogen-bond acceptors (Lipinski definition) is 7. The second kappa shape index (κ2) is 25.9. The first-order valence-corrected chi connectivity index (χ1v) is 19.0. The number of imidazole rings is 1.